The molecule has 6 nitrogen and oxygen atoms in total. The third-order valence-electron chi connectivity index (χ3n) is 3.15. The van der Waals surface area contributed by atoms with E-state index in [0.29, 0.717) is 38.3 Å². The van der Waals surface area contributed by atoms with Gasteiger partial charge in [0.2, 0.25) is 0 Å². The lowest BCUT2D eigenvalue weighted by molar-refractivity contribution is 0.181. The van der Waals surface area contributed by atoms with Gasteiger partial charge < -0.3 is 0 Å². The molecule has 1 aliphatic heterocycles. The van der Waals surface area contributed by atoms with E-state index in [9.17, 15) is 8.42 Å². The van der Waals surface area contributed by atoms with Gasteiger partial charge >= 0.3 is 0 Å². The Morgan fingerprint density at radius 2 is 1.95 bits per heavy atom. The number of piperazine rings is 1. The highest BCUT2D eigenvalue weighted by Crippen LogP contribution is 2.11. The van der Waals surface area contributed by atoms with Crippen LogP contribution in [-0.4, -0.2) is 43.8 Å². The zero-order chi connectivity index (χ0) is 13.9. The van der Waals surface area contributed by atoms with Crippen LogP contribution in [0.1, 0.15) is 11.1 Å². The number of nitrogens with two attached hydrogens (primary N) is 1. The van der Waals surface area contributed by atoms with Crippen LogP contribution in [0.25, 0.3) is 0 Å². The molecule has 19 heavy (non-hydrogen) atoms. The van der Waals surface area contributed by atoms with Gasteiger partial charge in [-0.25, -0.2) is 5.14 Å². The Morgan fingerprint density at radius 1 is 1.26 bits per heavy atom. The molecule has 102 valence electrons. The summed E-state index contributed by atoms with van der Waals surface area (Å²) in [7, 11) is -3.57. The second-order valence-electron chi connectivity index (χ2n) is 4.53. The van der Waals surface area contributed by atoms with E-state index < -0.39 is 10.2 Å². The summed E-state index contributed by atoms with van der Waals surface area (Å²) in [5, 5.41) is 13.9. The molecule has 0 aromatic heterocycles. The van der Waals surface area contributed by atoms with Crippen LogP contribution in [0.2, 0.25) is 0 Å². The molecule has 0 radical (unpaired) electrons. The molecule has 7 heteroatoms. The summed E-state index contributed by atoms with van der Waals surface area (Å²) >= 11 is 0. The fourth-order valence-corrected chi connectivity index (χ4v) is 2.81. The topological polar surface area (TPSA) is 90.4 Å². The van der Waals surface area contributed by atoms with Crippen molar-refractivity contribution in [3.63, 3.8) is 0 Å². The first-order chi connectivity index (χ1) is 8.99. The third-order valence-corrected chi connectivity index (χ3v) is 4.24. The molecule has 1 saturated heterocycles. The van der Waals surface area contributed by atoms with Crippen LogP contribution in [0, 0.1) is 11.3 Å². The minimum absolute atomic E-state index is 0.413. The molecule has 1 aromatic rings. The number of benzene rings is 1. The summed E-state index contributed by atoms with van der Waals surface area (Å²) in [6.07, 6.45) is 0. The smallest absolute Gasteiger partial charge is 0.276 e. The van der Waals surface area contributed by atoms with Crippen molar-refractivity contribution < 1.29 is 8.42 Å². The number of nitriles is 1. The van der Waals surface area contributed by atoms with E-state index in [-0.39, 0.29) is 0 Å². The minimum Gasteiger partial charge on any atom is -0.296 e. The summed E-state index contributed by atoms with van der Waals surface area (Å²) in [6, 6.07) is 9.55. The van der Waals surface area contributed by atoms with Crippen LogP contribution >= 0.6 is 0 Å². The van der Waals surface area contributed by atoms with E-state index in [1.807, 2.05) is 18.2 Å². The van der Waals surface area contributed by atoms with Gasteiger partial charge in [-0.1, -0.05) is 12.1 Å². The molecule has 1 aliphatic rings. The van der Waals surface area contributed by atoms with E-state index in [4.69, 9.17) is 10.4 Å². The highest BCUT2D eigenvalue weighted by molar-refractivity contribution is 7.86. The van der Waals surface area contributed by atoms with Gasteiger partial charge in [0.05, 0.1) is 11.6 Å². The van der Waals surface area contributed by atoms with E-state index >= 15 is 0 Å². The van der Waals surface area contributed by atoms with Crippen molar-refractivity contribution >= 4 is 10.2 Å². The monoisotopic (exact) mass is 280 g/mol. The summed E-state index contributed by atoms with van der Waals surface area (Å²) in [5.74, 6) is 0. The predicted octanol–water partition coefficient (Wildman–Crippen LogP) is -0.121. The first-order valence-corrected chi connectivity index (χ1v) is 7.48. The Hall–Kier alpha value is -1.46. The van der Waals surface area contributed by atoms with Gasteiger partial charge in [-0.2, -0.15) is 18.0 Å². The van der Waals surface area contributed by atoms with Crippen LogP contribution in [-0.2, 0) is 16.8 Å². The quantitative estimate of drug-likeness (QED) is 0.835. The van der Waals surface area contributed by atoms with Gasteiger partial charge in [0.1, 0.15) is 0 Å². The molecule has 1 fully saturated rings. The molecule has 0 saturated carbocycles. The SMILES string of the molecule is N#Cc1cccc(CN2CCN(S(N)(=O)=O)CC2)c1. The number of rotatable bonds is 3. The highest BCUT2D eigenvalue weighted by atomic mass is 32.2. The normalized spacial score (nSPS) is 18.1. The van der Waals surface area contributed by atoms with Crippen molar-refractivity contribution in [1.82, 2.24) is 9.21 Å². The molecule has 0 unspecified atom stereocenters. The third kappa shape index (κ3) is 3.75. The maximum absolute atomic E-state index is 11.2. The molecule has 0 bridgehead atoms. The van der Waals surface area contributed by atoms with Crippen LogP contribution in [0.5, 0.6) is 0 Å². The fourth-order valence-electron chi connectivity index (χ4n) is 2.14. The van der Waals surface area contributed by atoms with Gasteiger partial charge in [0.25, 0.3) is 10.2 Å². The second kappa shape index (κ2) is 5.67. The lowest BCUT2D eigenvalue weighted by Crippen LogP contribution is -2.50. The Morgan fingerprint density at radius 3 is 2.53 bits per heavy atom. The zero-order valence-corrected chi connectivity index (χ0v) is 11.3. The molecule has 1 aromatic carbocycles. The van der Waals surface area contributed by atoms with Crippen LogP contribution in [0.3, 0.4) is 0 Å². The average molecular weight is 280 g/mol. The van der Waals surface area contributed by atoms with Crippen molar-refractivity contribution in [3.05, 3.63) is 35.4 Å². The van der Waals surface area contributed by atoms with E-state index in [1.165, 1.54) is 4.31 Å². The minimum atomic E-state index is -3.57. The molecule has 0 aliphatic carbocycles. The second-order valence-corrected chi connectivity index (χ2v) is 6.08. The fraction of sp³-hybridized carbons (Fsp3) is 0.417. The Bertz CT molecular complexity index is 586. The van der Waals surface area contributed by atoms with E-state index in [1.54, 1.807) is 6.07 Å². The molecule has 2 rings (SSSR count). The van der Waals surface area contributed by atoms with Gasteiger partial charge in [0, 0.05) is 32.7 Å². The van der Waals surface area contributed by atoms with Gasteiger partial charge in [-0.05, 0) is 17.7 Å². The summed E-state index contributed by atoms with van der Waals surface area (Å²) in [6.45, 7) is 2.84. The highest BCUT2D eigenvalue weighted by Gasteiger charge is 2.23. The predicted molar refractivity (Wildman–Crippen MR) is 71.1 cm³/mol. The standard InChI is InChI=1S/C12H16N4O2S/c13-9-11-2-1-3-12(8-11)10-15-4-6-16(7-5-15)19(14,17)18/h1-3,8H,4-7,10H2,(H2,14,17,18). The number of hydrogen-bond acceptors (Lipinski definition) is 4. The van der Waals surface area contributed by atoms with Gasteiger partial charge in [-0.15, -0.1) is 0 Å². The van der Waals surface area contributed by atoms with E-state index in [0.717, 1.165) is 5.56 Å². The van der Waals surface area contributed by atoms with Crippen LogP contribution in [0.15, 0.2) is 24.3 Å². The summed E-state index contributed by atoms with van der Waals surface area (Å²) < 4.78 is 23.7. The molecule has 0 atom stereocenters. The molecule has 0 amide bonds. The maximum atomic E-state index is 11.2. The van der Waals surface area contributed by atoms with Gasteiger partial charge in [-0.3, -0.25) is 4.90 Å². The summed E-state index contributed by atoms with van der Waals surface area (Å²) in [4.78, 5) is 2.15. The maximum Gasteiger partial charge on any atom is 0.276 e. The van der Waals surface area contributed by atoms with Crippen molar-refractivity contribution in [2.24, 2.45) is 5.14 Å². The van der Waals surface area contributed by atoms with Crippen molar-refractivity contribution in [2.45, 2.75) is 6.54 Å². The number of nitrogens with zero attached hydrogens (tertiary/aromatic N) is 3. The largest absolute Gasteiger partial charge is 0.296 e. The van der Waals surface area contributed by atoms with Crippen LogP contribution in [0.4, 0.5) is 0 Å². The molecule has 2 N–H and O–H groups in total. The van der Waals surface area contributed by atoms with Crippen LogP contribution < -0.4 is 5.14 Å². The molecule has 1 heterocycles. The summed E-state index contributed by atoms with van der Waals surface area (Å²) in [5.41, 5.74) is 1.70. The molecular formula is C12H16N4O2S. The van der Waals surface area contributed by atoms with Gasteiger partial charge in [0.15, 0.2) is 0 Å². The Kier molecular flexibility index (Phi) is 4.17. The van der Waals surface area contributed by atoms with Crippen molar-refractivity contribution in [1.29, 1.82) is 5.26 Å². The average Bonchev–Trinajstić information content (AvgIpc) is 2.38. The lowest BCUT2D eigenvalue weighted by atomic mass is 10.1. The molecule has 0 spiro atoms. The Balaban J connectivity index is 1.94. The van der Waals surface area contributed by atoms with E-state index in [2.05, 4.69) is 11.0 Å². The first-order valence-electron chi connectivity index (χ1n) is 5.98. The Labute approximate surface area is 113 Å². The number of hydrogen-bond donors (Lipinski definition) is 1. The lowest BCUT2D eigenvalue weighted by Gasteiger charge is -2.32. The zero-order valence-electron chi connectivity index (χ0n) is 10.5. The first kappa shape index (κ1) is 14.0. The molecular weight excluding hydrogens is 264 g/mol. The van der Waals surface area contributed by atoms with Crippen molar-refractivity contribution in [2.75, 3.05) is 26.2 Å². The van der Waals surface area contributed by atoms with Crippen molar-refractivity contribution in [3.8, 4) is 6.07 Å².